The van der Waals surface area contributed by atoms with Gasteiger partial charge < -0.3 is 10.2 Å². The fourth-order valence-corrected chi connectivity index (χ4v) is 1.76. The van der Waals surface area contributed by atoms with E-state index in [0.29, 0.717) is 17.4 Å². The molecular formula is C10H17ClN6O. The summed E-state index contributed by atoms with van der Waals surface area (Å²) < 4.78 is 0. The summed E-state index contributed by atoms with van der Waals surface area (Å²) >= 11 is 6.01. The van der Waals surface area contributed by atoms with E-state index in [0.717, 1.165) is 0 Å². The van der Waals surface area contributed by atoms with Crippen LogP contribution < -0.4 is 21.5 Å². The van der Waals surface area contributed by atoms with Gasteiger partial charge in [0.1, 0.15) is 5.02 Å². The summed E-state index contributed by atoms with van der Waals surface area (Å²) in [5, 5.41) is 3.00. The Bertz CT molecular complexity index is 427. The first-order valence-corrected chi connectivity index (χ1v) is 5.79. The maximum atomic E-state index is 11.5. The molecule has 18 heavy (non-hydrogen) atoms. The topological polar surface area (TPSA) is 96.2 Å². The van der Waals surface area contributed by atoms with Crippen molar-refractivity contribution in [2.75, 3.05) is 31.0 Å². The third kappa shape index (κ3) is 3.44. The average Bonchev–Trinajstić information content (AvgIpc) is 2.38. The number of hydrazine groups is 1. The molecule has 100 valence electrons. The van der Waals surface area contributed by atoms with Gasteiger partial charge in [-0.1, -0.05) is 18.5 Å². The highest BCUT2D eigenvalue weighted by atomic mass is 35.5. The van der Waals surface area contributed by atoms with Crippen LogP contribution in [0.15, 0.2) is 6.20 Å². The van der Waals surface area contributed by atoms with Gasteiger partial charge in [0, 0.05) is 20.6 Å². The van der Waals surface area contributed by atoms with Crippen molar-refractivity contribution in [3.8, 4) is 0 Å². The minimum absolute atomic E-state index is 0.0378. The summed E-state index contributed by atoms with van der Waals surface area (Å²) in [5.74, 6) is 5.82. The van der Waals surface area contributed by atoms with E-state index in [1.54, 1.807) is 19.0 Å². The first-order chi connectivity index (χ1) is 8.49. The lowest BCUT2D eigenvalue weighted by Crippen LogP contribution is -2.35. The van der Waals surface area contributed by atoms with E-state index in [1.807, 2.05) is 6.92 Å². The van der Waals surface area contributed by atoms with Crippen LogP contribution in [0.1, 0.15) is 6.92 Å². The SMILES string of the molecule is CNC(=O)C(C)CN(C)c1nc(NN)ncc1Cl. The van der Waals surface area contributed by atoms with Gasteiger partial charge in [0.2, 0.25) is 11.9 Å². The average molecular weight is 273 g/mol. The van der Waals surface area contributed by atoms with Crippen molar-refractivity contribution < 1.29 is 4.79 Å². The zero-order chi connectivity index (χ0) is 13.7. The molecule has 1 amide bonds. The van der Waals surface area contributed by atoms with Crippen molar-refractivity contribution in [3.63, 3.8) is 0 Å². The number of carbonyl (C=O) groups excluding carboxylic acids is 1. The number of halogens is 1. The smallest absolute Gasteiger partial charge is 0.239 e. The Balaban J connectivity index is 2.83. The normalized spacial score (nSPS) is 11.8. The predicted octanol–water partition coefficient (Wildman–Crippen LogP) is 0.234. The van der Waals surface area contributed by atoms with Gasteiger partial charge in [-0.15, -0.1) is 0 Å². The van der Waals surface area contributed by atoms with E-state index in [9.17, 15) is 4.79 Å². The monoisotopic (exact) mass is 272 g/mol. The van der Waals surface area contributed by atoms with E-state index >= 15 is 0 Å². The van der Waals surface area contributed by atoms with Crippen LogP contribution in [0.25, 0.3) is 0 Å². The molecule has 0 aromatic carbocycles. The summed E-state index contributed by atoms with van der Waals surface area (Å²) in [6.07, 6.45) is 1.46. The molecule has 7 nitrogen and oxygen atoms in total. The molecule has 0 saturated carbocycles. The molecule has 1 aromatic heterocycles. The van der Waals surface area contributed by atoms with Gasteiger partial charge in [-0.3, -0.25) is 10.2 Å². The Morgan fingerprint density at radius 2 is 2.33 bits per heavy atom. The molecule has 0 fully saturated rings. The Morgan fingerprint density at radius 3 is 2.89 bits per heavy atom. The summed E-state index contributed by atoms with van der Waals surface area (Å²) in [7, 11) is 3.40. The van der Waals surface area contributed by atoms with Crippen LogP contribution in [0, 0.1) is 5.92 Å². The molecule has 1 unspecified atom stereocenters. The van der Waals surface area contributed by atoms with Crippen molar-refractivity contribution in [1.29, 1.82) is 0 Å². The third-order valence-electron chi connectivity index (χ3n) is 2.46. The minimum Gasteiger partial charge on any atom is -0.359 e. The summed E-state index contributed by atoms with van der Waals surface area (Å²) in [6, 6.07) is 0. The molecule has 0 aliphatic rings. The number of rotatable bonds is 5. The fourth-order valence-electron chi connectivity index (χ4n) is 1.52. The fraction of sp³-hybridized carbons (Fsp3) is 0.500. The quantitative estimate of drug-likeness (QED) is 0.525. The lowest BCUT2D eigenvalue weighted by Gasteiger charge is -2.22. The van der Waals surface area contributed by atoms with E-state index < -0.39 is 0 Å². The van der Waals surface area contributed by atoms with E-state index in [1.165, 1.54) is 6.20 Å². The summed E-state index contributed by atoms with van der Waals surface area (Å²) in [6.45, 7) is 2.31. The molecule has 1 heterocycles. The van der Waals surface area contributed by atoms with Gasteiger partial charge in [0.05, 0.1) is 12.1 Å². The lowest BCUT2D eigenvalue weighted by atomic mass is 10.1. The number of nitrogens with one attached hydrogen (secondary N) is 2. The maximum Gasteiger partial charge on any atom is 0.239 e. The van der Waals surface area contributed by atoms with Crippen LogP contribution >= 0.6 is 11.6 Å². The molecular weight excluding hydrogens is 256 g/mol. The van der Waals surface area contributed by atoms with Crippen LogP contribution in [0.3, 0.4) is 0 Å². The molecule has 0 saturated heterocycles. The molecule has 0 bridgehead atoms. The van der Waals surface area contributed by atoms with Crippen molar-refractivity contribution in [2.45, 2.75) is 6.92 Å². The molecule has 0 spiro atoms. The highest BCUT2D eigenvalue weighted by Gasteiger charge is 2.17. The highest BCUT2D eigenvalue weighted by Crippen LogP contribution is 2.23. The third-order valence-corrected chi connectivity index (χ3v) is 2.72. The largest absolute Gasteiger partial charge is 0.359 e. The van der Waals surface area contributed by atoms with Gasteiger partial charge in [-0.05, 0) is 0 Å². The van der Waals surface area contributed by atoms with Gasteiger partial charge in [-0.25, -0.2) is 10.8 Å². The van der Waals surface area contributed by atoms with Crippen molar-refractivity contribution in [1.82, 2.24) is 15.3 Å². The molecule has 1 atom stereocenters. The first kappa shape index (κ1) is 14.5. The molecule has 0 radical (unpaired) electrons. The van der Waals surface area contributed by atoms with Gasteiger partial charge in [-0.2, -0.15) is 4.98 Å². The number of nitrogens with two attached hydrogens (primary N) is 1. The van der Waals surface area contributed by atoms with E-state index in [2.05, 4.69) is 20.7 Å². The van der Waals surface area contributed by atoms with Crippen LogP contribution in [-0.2, 0) is 4.79 Å². The number of carbonyl (C=O) groups is 1. The van der Waals surface area contributed by atoms with Crippen LogP contribution in [0.4, 0.5) is 11.8 Å². The maximum absolute atomic E-state index is 11.5. The molecule has 1 rings (SSSR count). The highest BCUT2D eigenvalue weighted by molar-refractivity contribution is 6.32. The predicted molar refractivity (Wildman–Crippen MR) is 71.4 cm³/mol. The number of hydrogen-bond donors (Lipinski definition) is 3. The van der Waals surface area contributed by atoms with Crippen molar-refractivity contribution in [3.05, 3.63) is 11.2 Å². The molecule has 4 N–H and O–H groups in total. The van der Waals surface area contributed by atoms with Crippen molar-refractivity contribution >= 4 is 29.3 Å². The van der Waals surface area contributed by atoms with Gasteiger partial charge in [0.25, 0.3) is 0 Å². The summed E-state index contributed by atoms with van der Waals surface area (Å²) in [5.41, 5.74) is 2.35. The lowest BCUT2D eigenvalue weighted by molar-refractivity contribution is -0.123. The zero-order valence-electron chi connectivity index (χ0n) is 10.6. The number of nitrogens with zero attached hydrogens (tertiary/aromatic N) is 3. The number of amides is 1. The van der Waals surface area contributed by atoms with Crippen LogP contribution in [0.2, 0.25) is 5.02 Å². The number of nitrogen functional groups attached to an aromatic ring is 1. The Morgan fingerprint density at radius 1 is 1.67 bits per heavy atom. The summed E-state index contributed by atoms with van der Waals surface area (Å²) in [4.78, 5) is 21.3. The zero-order valence-corrected chi connectivity index (χ0v) is 11.3. The number of aromatic nitrogens is 2. The van der Waals surface area contributed by atoms with Gasteiger partial charge >= 0.3 is 0 Å². The number of anilines is 2. The molecule has 0 aliphatic heterocycles. The first-order valence-electron chi connectivity index (χ1n) is 5.41. The number of hydrogen-bond acceptors (Lipinski definition) is 6. The molecule has 1 aromatic rings. The Kier molecular flexibility index (Phi) is 5.11. The molecule has 0 aliphatic carbocycles. The van der Waals surface area contributed by atoms with E-state index in [-0.39, 0.29) is 17.8 Å². The standard InChI is InChI=1S/C10H17ClN6O/c1-6(9(18)13-2)5-17(3)8-7(11)4-14-10(15-8)16-12/h4,6H,5,12H2,1-3H3,(H,13,18)(H,14,15,16). The Hall–Kier alpha value is -1.60. The second-order valence-electron chi connectivity index (χ2n) is 3.91. The second kappa shape index (κ2) is 6.36. The van der Waals surface area contributed by atoms with Crippen LogP contribution in [-0.4, -0.2) is 36.5 Å². The minimum atomic E-state index is -0.180. The van der Waals surface area contributed by atoms with Gasteiger partial charge in [0.15, 0.2) is 5.82 Å². The second-order valence-corrected chi connectivity index (χ2v) is 4.31. The van der Waals surface area contributed by atoms with Crippen LogP contribution in [0.5, 0.6) is 0 Å². The van der Waals surface area contributed by atoms with E-state index in [4.69, 9.17) is 17.4 Å². The Labute approximate surface area is 111 Å². The van der Waals surface area contributed by atoms with Crippen molar-refractivity contribution in [2.24, 2.45) is 11.8 Å². The molecule has 8 heteroatoms.